The van der Waals surface area contributed by atoms with Gasteiger partial charge in [-0.15, -0.1) is 11.3 Å². The van der Waals surface area contributed by atoms with Crippen LogP contribution in [0.4, 0.5) is 5.13 Å². The number of carbonyl (C=O) groups is 2. The van der Waals surface area contributed by atoms with E-state index in [0.717, 1.165) is 114 Å². The molecule has 1 aromatic rings. The SMILES string of the molecule is CC1=CC(C(=O)C2CCCC2)=C(NCC(=O)Nc2nc(CCNCCCN3CCOCC3)cs2)CC1. The molecule has 1 aliphatic heterocycles. The summed E-state index contributed by atoms with van der Waals surface area (Å²) in [7, 11) is 0. The smallest absolute Gasteiger partial charge is 0.245 e. The van der Waals surface area contributed by atoms with Gasteiger partial charge in [0, 0.05) is 48.6 Å². The Hall–Kier alpha value is -2.07. The number of nitrogens with zero attached hydrogens (tertiary/aromatic N) is 2. The first-order chi connectivity index (χ1) is 17.6. The Balaban J connectivity index is 1.16. The minimum absolute atomic E-state index is 0.136. The van der Waals surface area contributed by atoms with E-state index in [1.165, 1.54) is 16.9 Å². The molecule has 36 heavy (non-hydrogen) atoms. The van der Waals surface area contributed by atoms with Crippen molar-refractivity contribution in [3.63, 3.8) is 0 Å². The lowest BCUT2D eigenvalue weighted by molar-refractivity contribution is -0.119. The molecule has 2 aliphatic carbocycles. The van der Waals surface area contributed by atoms with Crippen LogP contribution >= 0.6 is 11.3 Å². The molecule has 0 atom stereocenters. The van der Waals surface area contributed by atoms with Crippen LogP contribution in [0.3, 0.4) is 0 Å². The van der Waals surface area contributed by atoms with Crippen LogP contribution in [0.25, 0.3) is 0 Å². The molecule has 1 saturated heterocycles. The van der Waals surface area contributed by atoms with Crippen LogP contribution < -0.4 is 16.0 Å². The maximum atomic E-state index is 13.0. The van der Waals surface area contributed by atoms with Crippen LogP contribution in [0.5, 0.6) is 0 Å². The van der Waals surface area contributed by atoms with Gasteiger partial charge in [-0.25, -0.2) is 4.98 Å². The first-order valence-electron chi connectivity index (χ1n) is 13.5. The molecule has 0 aromatic carbocycles. The Bertz CT molecular complexity index is 945. The van der Waals surface area contributed by atoms with Gasteiger partial charge in [0.05, 0.1) is 25.5 Å². The van der Waals surface area contributed by atoms with Crippen LogP contribution in [0.2, 0.25) is 0 Å². The number of Topliss-reactive ketones (excluding diaryl/α,β-unsaturated/α-hetero) is 1. The minimum Gasteiger partial charge on any atom is -0.379 e. The summed E-state index contributed by atoms with van der Waals surface area (Å²) in [4.78, 5) is 32.6. The highest BCUT2D eigenvalue weighted by Crippen LogP contribution is 2.32. The lowest BCUT2D eigenvalue weighted by atomic mass is 9.88. The predicted octanol–water partition coefficient (Wildman–Crippen LogP) is 3.28. The minimum atomic E-state index is -0.136. The predicted molar refractivity (Wildman–Crippen MR) is 144 cm³/mol. The van der Waals surface area contributed by atoms with Gasteiger partial charge in [0.25, 0.3) is 0 Å². The van der Waals surface area contributed by atoms with E-state index in [4.69, 9.17) is 4.74 Å². The average molecular weight is 516 g/mol. The van der Waals surface area contributed by atoms with Crippen molar-refractivity contribution in [3.8, 4) is 0 Å². The zero-order valence-corrected chi connectivity index (χ0v) is 22.4. The fourth-order valence-corrected chi connectivity index (χ4v) is 5.86. The summed E-state index contributed by atoms with van der Waals surface area (Å²) in [5.41, 5.74) is 3.91. The molecule has 3 N–H and O–H groups in total. The highest BCUT2D eigenvalue weighted by Gasteiger charge is 2.28. The highest BCUT2D eigenvalue weighted by molar-refractivity contribution is 7.13. The molecule has 1 aromatic heterocycles. The molecule has 9 heteroatoms. The number of aromatic nitrogens is 1. The number of anilines is 1. The third-order valence-corrected chi connectivity index (χ3v) is 8.03. The van der Waals surface area contributed by atoms with E-state index in [1.807, 2.05) is 11.5 Å². The molecule has 4 rings (SSSR count). The second-order valence-corrected chi connectivity index (χ2v) is 10.9. The maximum absolute atomic E-state index is 13.0. The van der Waals surface area contributed by atoms with Crippen molar-refractivity contribution in [2.75, 3.05) is 57.8 Å². The fourth-order valence-electron chi connectivity index (χ4n) is 5.10. The number of carbonyl (C=O) groups excluding carboxylic acids is 2. The zero-order valence-electron chi connectivity index (χ0n) is 21.6. The summed E-state index contributed by atoms with van der Waals surface area (Å²) >= 11 is 1.46. The molecule has 0 spiro atoms. The van der Waals surface area contributed by atoms with Gasteiger partial charge < -0.3 is 20.7 Å². The third kappa shape index (κ3) is 8.23. The van der Waals surface area contributed by atoms with Crippen molar-refractivity contribution in [2.45, 2.75) is 58.3 Å². The lowest BCUT2D eigenvalue weighted by Crippen LogP contribution is -2.37. The number of rotatable bonds is 13. The fraction of sp³-hybridized carbons (Fsp3) is 0.667. The van der Waals surface area contributed by atoms with Gasteiger partial charge in [-0.05, 0) is 52.1 Å². The molecular weight excluding hydrogens is 474 g/mol. The molecule has 2 heterocycles. The Kier molecular flexibility index (Phi) is 10.5. The zero-order chi connectivity index (χ0) is 25.2. The highest BCUT2D eigenvalue weighted by atomic mass is 32.1. The first-order valence-corrected chi connectivity index (χ1v) is 14.4. The number of ether oxygens (including phenoxy) is 1. The first kappa shape index (κ1) is 27.0. The van der Waals surface area contributed by atoms with Gasteiger partial charge in [-0.1, -0.05) is 24.5 Å². The van der Waals surface area contributed by atoms with Crippen LogP contribution in [0.1, 0.15) is 57.6 Å². The normalized spacial score (nSPS) is 19.4. The maximum Gasteiger partial charge on any atom is 0.245 e. The van der Waals surface area contributed by atoms with Gasteiger partial charge in [-0.3, -0.25) is 14.5 Å². The molecule has 1 amide bonds. The van der Waals surface area contributed by atoms with E-state index >= 15 is 0 Å². The molecule has 8 nitrogen and oxygen atoms in total. The van der Waals surface area contributed by atoms with E-state index in [0.29, 0.717) is 5.13 Å². The second kappa shape index (κ2) is 14.0. The van der Waals surface area contributed by atoms with Crippen LogP contribution in [-0.2, 0) is 20.7 Å². The molecule has 0 bridgehead atoms. The number of hydrogen-bond donors (Lipinski definition) is 3. The average Bonchev–Trinajstić information content (AvgIpc) is 3.58. The van der Waals surface area contributed by atoms with Crippen molar-refractivity contribution in [1.82, 2.24) is 20.5 Å². The van der Waals surface area contributed by atoms with E-state index in [1.54, 1.807) is 0 Å². The number of nitrogens with one attached hydrogen (secondary N) is 3. The lowest BCUT2D eigenvalue weighted by Gasteiger charge is -2.26. The third-order valence-electron chi connectivity index (χ3n) is 7.23. The summed E-state index contributed by atoms with van der Waals surface area (Å²) in [6.07, 6.45) is 9.94. The Morgan fingerprint density at radius 1 is 1.17 bits per heavy atom. The molecule has 0 unspecified atom stereocenters. The number of hydrogen-bond acceptors (Lipinski definition) is 8. The van der Waals surface area contributed by atoms with Gasteiger partial charge >= 0.3 is 0 Å². The van der Waals surface area contributed by atoms with Gasteiger partial charge in [0.1, 0.15) is 0 Å². The van der Waals surface area contributed by atoms with E-state index in [-0.39, 0.29) is 24.2 Å². The summed E-state index contributed by atoms with van der Waals surface area (Å²) < 4.78 is 5.39. The molecule has 3 aliphatic rings. The number of thiazole rings is 1. The summed E-state index contributed by atoms with van der Waals surface area (Å²) in [5.74, 6) is 0.248. The van der Waals surface area contributed by atoms with Crippen LogP contribution in [-0.4, -0.2) is 74.1 Å². The Morgan fingerprint density at radius 3 is 2.78 bits per heavy atom. The van der Waals surface area contributed by atoms with Crippen molar-refractivity contribution < 1.29 is 14.3 Å². The van der Waals surface area contributed by atoms with Crippen LogP contribution in [0, 0.1) is 5.92 Å². The van der Waals surface area contributed by atoms with Crippen molar-refractivity contribution in [3.05, 3.63) is 34.0 Å². The van der Waals surface area contributed by atoms with E-state index < -0.39 is 0 Å². The number of allylic oxidation sites excluding steroid dienone is 4. The largest absolute Gasteiger partial charge is 0.379 e. The van der Waals surface area contributed by atoms with E-state index in [9.17, 15) is 9.59 Å². The van der Waals surface area contributed by atoms with Crippen molar-refractivity contribution in [2.24, 2.45) is 5.92 Å². The Morgan fingerprint density at radius 2 is 1.97 bits per heavy atom. The molecule has 1 saturated carbocycles. The number of morpholine rings is 1. The number of amides is 1. The van der Waals surface area contributed by atoms with Crippen molar-refractivity contribution in [1.29, 1.82) is 0 Å². The Labute approximate surface area is 218 Å². The molecule has 198 valence electrons. The van der Waals surface area contributed by atoms with Gasteiger partial charge in [0.15, 0.2) is 10.9 Å². The van der Waals surface area contributed by atoms with Gasteiger partial charge in [0.2, 0.25) is 5.91 Å². The van der Waals surface area contributed by atoms with Crippen LogP contribution in [0.15, 0.2) is 28.3 Å². The number of ketones is 1. The summed E-state index contributed by atoms with van der Waals surface area (Å²) in [6.45, 7) is 8.97. The molecule has 2 fully saturated rings. The standard InChI is InChI=1S/C27H41N5O3S/c1-20-7-8-24(23(17-20)26(34)21-5-2-3-6-21)29-18-25(33)31-27-30-22(19-36-27)9-11-28-10-4-12-32-13-15-35-16-14-32/h17,19,21,28-29H,2-16,18H2,1H3,(H,30,31,33). The molecule has 0 radical (unpaired) electrons. The monoisotopic (exact) mass is 515 g/mol. The second-order valence-electron chi connectivity index (χ2n) is 10.1. The summed E-state index contributed by atoms with van der Waals surface area (Å²) in [5, 5.41) is 12.3. The quantitative estimate of drug-likeness (QED) is 0.347. The van der Waals surface area contributed by atoms with Crippen molar-refractivity contribution >= 4 is 28.2 Å². The molecular formula is C27H41N5O3S. The van der Waals surface area contributed by atoms with Gasteiger partial charge in [-0.2, -0.15) is 0 Å². The summed E-state index contributed by atoms with van der Waals surface area (Å²) in [6, 6.07) is 0. The topological polar surface area (TPSA) is 95.6 Å². The van der Waals surface area contributed by atoms with E-state index in [2.05, 4.69) is 32.8 Å².